The van der Waals surface area contributed by atoms with Crippen molar-refractivity contribution in [3.05, 3.63) is 64.9 Å². The highest BCUT2D eigenvalue weighted by Crippen LogP contribution is 2.20. The lowest BCUT2D eigenvalue weighted by atomic mass is 10.0. The minimum atomic E-state index is -0.0581. The molecule has 2 aromatic carbocycles. The molecule has 1 unspecified atom stereocenters. The lowest BCUT2D eigenvalue weighted by Gasteiger charge is -2.09. The molecule has 0 aliphatic carbocycles. The van der Waals surface area contributed by atoms with Crippen LogP contribution in [-0.4, -0.2) is 9.97 Å². The number of nitrogens with two attached hydrogens (primary N) is 1. The Labute approximate surface area is 116 Å². The van der Waals surface area contributed by atoms with Crippen LogP contribution in [0.1, 0.15) is 17.4 Å². The van der Waals surface area contributed by atoms with Crippen LogP contribution in [0.2, 0.25) is 5.02 Å². The van der Waals surface area contributed by atoms with Crippen LogP contribution in [0.3, 0.4) is 0 Å². The topological polar surface area (TPSA) is 54.7 Å². The molecule has 4 heteroatoms. The maximum atomic E-state index is 6.19. The zero-order chi connectivity index (χ0) is 13.2. The van der Waals surface area contributed by atoms with Gasteiger partial charge in [0, 0.05) is 17.5 Å². The number of imidazole rings is 1. The van der Waals surface area contributed by atoms with Gasteiger partial charge in [0.15, 0.2) is 0 Å². The summed E-state index contributed by atoms with van der Waals surface area (Å²) in [6.07, 6.45) is 0.677. The molecule has 3 nitrogen and oxygen atoms in total. The van der Waals surface area contributed by atoms with Crippen LogP contribution in [-0.2, 0) is 6.42 Å². The fourth-order valence-corrected chi connectivity index (χ4v) is 2.33. The van der Waals surface area contributed by atoms with E-state index in [9.17, 15) is 0 Å². The molecule has 0 bridgehead atoms. The van der Waals surface area contributed by atoms with Crippen molar-refractivity contribution in [1.82, 2.24) is 9.97 Å². The largest absolute Gasteiger partial charge is 0.342 e. The highest BCUT2D eigenvalue weighted by atomic mass is 35.5. The van der Waals surface area contributed by atoms with Gasteiger partial charge in [0.2, 0.25) is 0 Å². The van der Waals surface area contributed by atoms with E-state index in [-0.39, 0.29) is 6.04 Å². The fraction of sp³-hybridized carbons (Fsp3) is 0.133. The third-order valence-corrected chi connectivity index (χ3v) is 3.37. The molecule has 0 saturated carbocycles. The van der Waals surface area contributed by atoms with Crippen LogP contribution < -0.4 is 5.73 Å². The Bertz CT molecular complexity index is 691. The average molecular weight is 272 g/mol. The summed E-state index contributed by atoms with van der Waals surface area (Å²) in [7, 11) is 0. The number of nitrogens with one attached hydrogen (secondary N) is 1. The van der Waals surface area contributed by atoms with E-state index in [1.807, 2.05) is 48.5 Å². The van der Waals surface area contributed by atoms with E-state index < -0.39 is 0 Å². The average Bonchev–Trinajstić information content (AvgIpc) is 2.81. The lowest BCUT2D eigenvalue weighted by molar-refractivity contribution is 0.696. The molecular formula is C15H14ClN3. The Kier molecular flexibility index (Phi) is 3.23. The molecule has 96 valence electrons. The number of fused-ring (bicyclic) bond motifs is 1. The van der Waals surface area contributed by atoms with Crippen molar-refractivity contribution in [1.29, 1.82) is 0 Å². The number of benzene rings is 2. The number of aromatic amines is 1. The molecule has 19 heavy (non-hydrogen) atoms. The number of halogens is 1. The SMILES string of the molecule is NC(Cc1nc2ccc(Cl)cc2[nH]1)c1ccccc1. The molecule has 1 atom stereocenters. The molecule has 0 saturated heterocycles. The van der Waals surface area contributed by atoms with Gasteiger partial charge in [-0.1, -0.05) is 41.9 Å². The summed E-state index contributed by atoms with van der Waals surface area (Å²) in [5.74, 6) is 0.883. The van der Waals surface area contributed by atoms with Crippen molar-refractivity contribution < 1.29 is 0 Å². The van der Waals surface area contributed by atoms with Gasteiger partial charge in [-0.05, 0) is 23.8 Å². The zero-order valence-corrected chi connectivity index (χ0v) is 11.1. The number of aromatic nitrogens is 2. The van der Waals surface area contributed by atoms with E-state index in [1.165, 1.54) is 0 Å². The Morgan fingerprint density at radius 3 is 2.74 bits per heavy atom. The summed E-state index contributed by atoms with van der Waals surface area (Å²) in [5, 5.41) is 0.704. The predicted molar refractivity (Wildman–Crippen MR) is 78.2 cm³/mol. The van der Waals surface area contributed by atoms with Crippen molar-refractivity contribution in [2.75, 3.05) is 0 Å². The maximum Gasteiger partial charge on any atom is 0.109 e. The van der Waals surface area contributed by atoms with Gasteiger partial charge < -0.3 is 10.7 Å². The van der Waals surface area contributed by atoms with Crippen LogP contribution in [0.25, 0.3) is 11.0 Å². The third-order valence-electron chi connectivity index (χ3n) is 3.13. The van der Waals surface area contributed by atoms with E-state index >= 15 is 0 Å². The van der Waals surface area contributed by atoms with Gasteiger partial charge in [0.25, 0.3) is 0 Å². The fourth-order valence-electron chi connectivity index (χ4n) is 2.16. The molecule has 0 aliphatic rings. The van der Waals surface area contributed by atoms with Gasteiger partial charge in [0.1, 0.15) is 5.82 Å². The van der Waals surface area contributed by atoms with Crippen molar-refractivity contribution in [3.63, 3.8) is 0 Å². The van der Waals surface area contributed by atoms with Gasteiger partial charge in [0.05, 0.1) is 11.0 Å². The molecule has 1 aromatic heterocycles. The Morgan fingerprint density at radius 2 is 1.95 bits per heavy atom. The number of nitrogens with zero attached hydrogens (tertiary/aromatic N) is 1. The lowest BCUT2D eigenvalue weighted by Crippen LogP contribution is -2.13. The second-order valence-electron chi connectivity index (χ2n) is 4.57. The van der Waals surface area contributed by atoms with Crippen molar-refractivity contribution in [2.24, 2.45) is 5.73 Å². The predicted octanol–water partition coefficient (Wildman–Crippen LogP) is 3.46. The smallest absolute Gasteiger partial charge is 0.109 e. The second-order valence-corrected chi connectivity index (χ2v) is 5.00. The monoisotopic (exact) mass is 271 g/mol. The van der Waals surface area contributed by atoms with Crippen LogP contribution in [0.4, 0.5) is 0 Å². The van der Waals surface area contributed by atoms with E-state index in [4.69, 9.17) is 17.3 Å². The summed E-state index contributed by atoms with van der Waals surface area (Å²) >= 11 is 5.96. The molecule has 3 aromatic rings. The summed E-state index contributed by atoms with van der Waals surface area (Å²) in [6.45, 7) is 0. The third kappa shape index (κ3) is 2.62. The highest BCUT2D eigenvalue weighted by molar-refractivity contribution is 6.31. The van der Waals surface area contributed by atoms with Gasteiger partial charge in [-0.25, -0.2) is 4.98 Å². The zero-order valence-electron chi connectivity index (χ0n) is 10.3. The Hall–Kier alpha value is -1.84. The van der Waals surface area contributed by atoms with Gasteiger partial charge in [-0.3, -0.25) is 0 Å². The number of hydrogen-bond acceptors (Lipinski definition) is 2. The minimum absolute atomic E-state index is 0.0581. The molecule has 0 amide bonds. The molecule has 0 spiro atoms. The molecule has 3 rings (SSSR count). The Morgan fingerprint density at radius 1 is 1.16 bits per heavy atom. The first kappa shape index (κ1) is 12.2. The van der Waals surface area contributed by atoms with Crippen LogP contribution in [0.15, 0.2) is 48.5 Å². The molecule has 0 radical (unpaired) electrons. The normalized spacial score (nSPS) is 12.7. The van der Waals surface area contributed by atoms with Crippen molar-refractivity contribution in [3.8, 4) is 0 Å². The first-order valence-electron chi connectivity index (χ1n) is 6.17. The van der Waals surface area contributed by atoms with Crippen molar-refractivity contribution in [2.45, 2.75) is 12.5 Å². The Balaban J connectivity index is 1.85. The molecule has 0 aliphatic heterocycles. The first-order chi connectivity index (χ1) is 9.22. The molecule has 3 N–H and O–H groups in total. The van der Waals surface area contributed by atoms with E-state index in [1.54, 1.807) is 0 Å². The van der Waals surface area contributed by atoms with E-state index in [2.05, 4.69) is 9.97 Å². The number of H-pyrrole nitrogens is 1. The first-order valence-corrected chi connectivity index (χ1v) is 6.55. The van der Waals surface area contributed by atoms with Gasteiger partial charge >= 0.3 is 0 Å². The van der Waals surface area contributed by atoms with Crippen LogP contribution in [0, 0.1) is 0 Å². The quantitative estimate of drug-likeness (QED) is 0.766. The van der Waals surface area contributed by atoms with E-state index in [0.717, 1.165) is 22.4 Å². The van der Waals surface area contributed by atoms with Crippen molar-refractivity contribution >= 4 is 22.6 Å². The highest BCUT2D eigenvalue weighted by Gasteiger charge is 2.10. The summed E-state index contributed by atoms with van der Waals surface area (Å²) in [5.41, 5.74) is 9.17. The standard InChI is InChI=1S/C15H14ClN3/c16-11-6-7-13-14(8-11)19-15(18-13)9-12(17)10-4-2-1-3-5-10/h1-8,12H,9,17H2,(H,18,19). The second kappa shape index (κ2) is 5.03. The summed E-state index contributed by atoms with van der Waals surface area (Å²) in [6, 6.07) is 15.6. The van der Waals surface area contributed by atoms with Gasteiger partial charge in [-0.2, -0.15) is 0 Å². The van der Waals surface area contributed by atoms with Crippen LogP contribution >= 0.6 is 11.6 Å². The number of rotatable bonds is 3. The van der Waals surface area contributed by atoms with E-state index in [0.29, 0.717) is 11.4 Å². The summed E-state index contributed by atoms with van der Waals surface area (Å²) in [4.78, 5) is 7.79. The molecule has 0 fully saturated rings. The molecular weight excluding hydrogens is 258 g/mol. The summed E-state index contributed by atoms with van der Waals surface area (Å²) < 4.78 is 0. The minimum Gasteiger partial charge on any atom is -0.342 e. The van der Waals surface area contributed by atoms with Gasteiger partial charge in [-0.15, -0.1) is 0 Å². The molecule has 1 heterocycles. The maximum absolute atomic E-state index is 6.19. The number of hydrogen-bond donors (Lipinski definition) is 2. The van der Waals surface area contributed by atoms with Crippen LogP contribution in [0.5, 0.6) is 0 Å².